The molecule has 17 rings (SSSR count). The molecule has 0 atom stereocenters. The van der Waals surface area contributed by atoms with Crippen molar-refractivity contribution in [2.24, 2.45) is 0 Å². The Morgan fingerprint density at radius 2 is 0.602 bits per heavy atom. The Balaban J connectivity index is 0.878. The fourth-order valence-corrected chi connectivity index (χ4v) is 14.8. The first kappa shape index (κ1) is 47.2. The van der Waals surface area contributed by atoms with Gasteiger partial charge in [-0.05, 0) is 170 Å². The zero-order valence-electron chi connectivity index (χ0n) is 45.4. The quantitative estimate of drug-likeness (QED) is 0.138. The summed E-state index contributed by atoms with van der Waals surface area (Å²) in [5, 5.41) is 7.17. The maximum Gasteiger partial charge on any atom is 0.143 e. The summed E-state index contributed by atoms with van der Waals surface area (Å²) in [6, 6.07) is 117. The van der Waals surface area contributed by atoms with Gasteiger partial charge in [-0.15, -0.1) is 0 Å². The molecular weight excluding hydrogens is 1000 g/mol. The Hall–Kier alpha value is -10.6. The molecule has 0 saturated carbocycles. The van der Waals surface area contributed by atoms with Crippen molar-refractivity contribution in [3.63, 3.8) is 0 Å². The van der Waals surface area contributed by atoms with Crippen LogP contribution in [-0.2, 0) is 10.8 Å². The van der Waals surface area contributed by atoms with Crippen molar-refractivity contribution in [3.05, 3.63) is 360 Å². The number of hydrogen-bond acceptors (Lipinski definition) is 1. The first-order valence-corrected chi connectivity index (χ1v) is 28.9. The van der Waals surface area contributed by atoms with Crippen molar-refractivity contribution >= 4 is 43.5 Å². The minimum Gasteiger partial charge on any atom is -0.455 e. The number of benzene rings is 14. The highest BCUT2D eigenvalue weighted by Crippen LogP contribution is 2.59. The molecule has 1 nitrogen and oxygen atoms in total. The van der Waals surface area contributed by atoms with E-state index in [1.807, 2.05) is 0 Å². The van der Waals surface area contributed by atoms with Gasteiger partial charge < -0.3 is 4.42 Å². The van der Waals surface area contributed by atoms with E-state index in [0.29, 0.717) is 0 Å². The predicted molar refractivity (Wildman–Crippen MR) is 345 cm³/mol. The average molecular weight is 1050 g/mol. The van der Waals surface area contributed by atoms with Gasteiger partial charge in [-0.3, -0.25) is 0 Å². The molecule has 0 fully saturated rings. The maximum absolute atomic E-state index is 7.17. The lowest BCUT2D eigenvalue weighted by Gasteiger charge is -2.34. The van der Waals surface area contributed by atoms with Crippen LogP contribution >= 0.6 is 0 Å². The van der Waals surface area contributed by atoms with Gasteiger partial charge in [-0.25, -0.2) is 0 Å². The molecule has 0 N–H and O–H groups in total. The lowest BCUT2D eigenvalue weighted by Crippen LogP contribution is -2.28. The van der Waals surface area contributed by atoms with Gasteiger partial charge in [0.2, 0.25) is 0 Å². The van der Waals surface area contributed by atoms with Crippen LogP contribution in [0.2, 0.25) is 0 Å². The summed E-state index contributed by atoms with van der Waals surface area (Å²) < 4.78 is 7.17. The molecule has 0 aliphatic heterocycles. The highest BCUT2D eigenvalue weighted by atomic mass is 16.3. The summed E-state index contributed by atoms with van der Waals surface area (Å²) >= 11 is 0. The van der Waals surface area contributed by atoms with E-state index >= 15 is 0 Å². The van der Waals surface area contributed by atoms with Gasteiger partial charge in [0.05, 0.1) is 10.8 Å². The van der Waals surface area contributed by atoms with E-state index in [4.69, 9.17) is 4.42 Å². The first-order chi connectivity index (χ1) is 41.1. The molecule has 0 amide bonds. The van der Waals surface area contributed by atoms with Gasteiger partial charge in [-0.1, -0.05) is 273 Å². The van der Waals surface area contributed by atoms with Crippen LogP contribution in [0.25, 0.3) is 110 Å². The third-order valence-corrected chi connectivity index (χ3v) is 18.4. The normalized spacial score (nSPS) is 13.5. The Labute approximate surface area is 482 Å². The van der Waals surface area contributed by atoms with E-state index in [1.165, 1.54) is 99.4 Å². The summed E-state index contributed by atoms with van der Waals surface area (Å²) in [5.74, 6) is 0. The van der Waals surface area contributed by atoms with Crippen molar-refractivity contribution < 1.29 is 4.42 Å². The van der Waals surface area contributed by atoms with Crippen LogP contribution in [-0.4, -0.2) is 0 Å². The second-order valence-corrected chi connectivity index (χ2v) is 22.6. The Bertz CT molecular complexity index is 4970. The Morgan fingerprint density at radius 3 is 1.16 bits per heavy atom. The van der Waals surface area contributed by atoms with Crippen LogP contribution in [0.1, 0.15) is 44.5 Å². The van der Waals surface area contributed by atoms with Crippen molar-refractivity contribution in [1.29, 1.82) is 0 Å². The van der Waals surface area contributed by atoms with Gasteiger partial charge in [0.25, 0.3) is 0 Å². The molecule has 15 aromatic rings. The topological polar surface area (TPSA) is 13.1 Å². The molecule has 2 aliphatic rings. The molecule has 1 heteroatoms. The van der Waals surface area contributed by atoms with Crippen molar-refractivity contribution in [3.8, 4) is 66.8 Å². The number of fused-ring (bicyclic) bond motifs is 12. The van der Waals surface area contributed by atoms with Gasteiger partial charge >= 0.3 is 0 Å². The average Bonchev–Trinajstić information content (AvgIpc) is 2.13. The minimum absolute atomic E-state index is 0.506. The molecule has 386 valence electrons. The van der Waals surface area contributed by atoms with Crippen molar-refractivity contribution in [2.45, 2.75) is 10.8 Å². The molecule has 0 unspecified atom stereocenters. The Kier molecular flexibility index (Phi) is 10.5. The van der Waals surface area contributed by atoms with Crippen molar-refractivity contribution in [2.75, 3.05) is 0 Å². The third kappa shape index (κ3) is 6.95. The standard InChI is InChI=1S/C82H52O/c1-5-22-60(23-6-1)81(61-24-7-2-8-25-61)75-35-19-17-33-67(75)69-44-41-56(51-77(69)81)55-43-46-79-73(47-55)74-50-59(49-72(80(74)83-79)54-39-37-53(38-40-54)71-48-58-21-13-14-30-64(58)65-31-15-16-32-66(65)71)57-42-45-70-68-34-18-20-36-76(68)82(78(70)52-57,62-26-9-3-10-27-62)63-28-11-4-12-29-63/h1-52H. The van der Waals surface area contributed by atoms with Gasteiger partial charge in [-0.2, -0.15) is 0 Å². The second kappa shape index (κ2) is 18.5. The van der Waals surface area contributed by atoms with Crippen LogP contribution in [0.3, 0.4) is 0 Å². The molecule has 1 aromatic heterocycles. The summed E-state index contributed by atoms with van der Waals surface area (Å²) in [6.45, 7) is 0. The van der Waals surface area contributed by atoms with E-state index in [1.54, 1.807) is 0 Å². The highest BCUT2D eigenvalue weighted by molar-refractivity contribution is 6.15. The van der Waals surface area contributed by atoms with Crippen LogP contribution in [0, 0.1) is 0 Å². The smallest absolute Gasteiger partial charge is 0.143 e. The molecule has 0 radical (unpaired) electrons. The van der Waals surface area contributed by atoms with E-state index in [0.717, 1.165) is 55.3 Å². The van der Waals surface area contributed by atoms with Gasteiger partial charge in [0, 0.05) is 16.3 Å². The first-order valence-electron chi connectivity index (χ1n) is 28.9. The summed E-state index contributed by atoms with van der Waals surface area (Å²) in [5.41, 5.74) is 25.1. The number of hydrogen-bond donors (Lipinski definition) is 0. The lowest BCUT2D eigenvalue weighted by atomic mass is 9.67. The molecule has 0 spiro atoms. The van der Waals surface area contributed by atoms with Crippen LogP contribution in [0.4, 0.5) is 0 Å². The number of rotatable bonds is 8. The summed E-state index contributed by atoms with van der Waals surface area (Å²) in [6.07, 6.45) is 0. The molecular formula is C82H52O. The Morgan fingerprint density at radius 1 is 0.205 bits per heavy atom. The van der Waals surface area contributed by atoms with Crippen LogP contribution in [0.5, 0.6) is 0 Å². The van der Waals surface area contributed by atoms with Gasteiger partial charge in [0.15, 0.2) is 0 Å². The predicted octanol–water partition coefficient (Wildman–Crippen LogP) is 21.3. The molecule has 0 bridgehead atoms. The zero-order chi connectivity index (χ0) is 54.6. The lowest BCUT2D eigenvalue weighted by molar-refractivity contribution is 0.670. The van der Waals surface area contributed by atoms with E-state index in [9.17, 15) is 0 Å². The molecule has 14 aromatic carbocycles. The number of furan rings is 1. The zero-order valence-corrected chi connectivity index (χ0v) is 45.4. The van der Waals surface area contributed by atoms with E-state index in [-0.39, 0.29) is 0 Å². The van der Waals surface area contributed by atoms with E-state index in [2.05, 4.69) is 315 Å². The van der Waals surface area contributed by atoms with E-state index < -0.39 is 10.8 Å². The monoisotopic (exact) mass is 1050 g/mol. The van der Waals surface area contributed by atoms with Crippen LogP contribution < -0.4 is 0 Å². The summed E-state index contributed by atoms with van der Waals surface area (Å²) in [7, 11) is 0. The maximum atomic E-state index is 7.17. The molecule has 1 heterocycles. The fourth-order valence-electron chi connectivity index (χ4n) is 14.8. The van der Waals surface area contributed by atoms with Crippen LogP contribution in [0.15, 0.2) is 320 Å². The fraction of sp³-hybridized carbons (Fsp3) is 0.0244. The second-order valence-electron chi connectivity index (χ2n) is 22.6. The SMILES string of the molecule is c1ccc(C2(c3ccccc3)c3ccccc3-c3ccc(-c4ccc5oc6c(-c7ccc(-c8cc9ccccc9c9ccccc89)cc7)cc(-c7ccc8c(c7)C(c7ccccc7)(c7ccccc7)c7ccccc7-8)cc6c5c4)cc32)cc1. The highest BCUT2D eigenvalue weighted by Gasteiger charge is 2.47. The van der Waals surface area contributed by atoms with Gasteiger partial charge in [0.1, 0.15) is 11.2 Å². The van der Waals surface area contributed by atoms with Crippen molar-refractivity contribution in [1.82, 2.24) is 0 Å². The molecule has 0 saturated heterocycles. The molecule has 83 heavy (non-hydrogen) atoms. The molecule has 2 aliphatic carbocycles. The largest absolute Gasteiger partial charge is 0.455 e. The minimum atomic E-state index is -0.534. The summed E-state index contributed by atoms with van der Waals surface area (Å²) in [4.78, 5) is 0. The third-order valence-electron chi connectivity index (χ3n) is 18.4.